The number of hydrogen-bond donors (Lipinski definition) is 2. The highest BCUT2D eigenvalue weighted by molar-refractivity contribution is 5.47. The Morgan fingerprint density at radius 3 is 2.71 bits per heavy atom. The summed E-state index contributed by atoms with van der Waals surface area (Å²) in [6, 6.07) is 2.40. The molecule has 7 heteroatoms. The SMILES string of the molecule is CNc1nc(NCc2ccon2)c(F)cc1F. The fraction of sp³-hybridized carbons (Fsp3) is 0.200. The summed E-state index contributed by atoms with van der Waals surface area (Å²) in [6.07, 6.45) is 1.41. The van der Waals surface area contributed by atoms with Crippen LogP contribution in [0.15, 0.2) is 22.9 Å². The molecule has 2 rings (SSSR count). The molecular weight excluding hydrogens is 230 g/mol. The Balaban J connectivity index is 2.15. The minimum atomic E-state index is -0.759. The van der Waals surface area contributed by atoms with Crippen LogP contribution in [0.2, 0.25) is 0 Å². The van der Waals surface area contributed by atoms with E-state index in [2.05, 4.69) is 25.3 Å². The van der Waals surface area contributed by atoms with Crippen molar-refractivity contribution in [3.63, 3.8) is 0 Å². The largest absolute Gasteiger partial charge is 0.371 e. The van der Waals surface area contributed by atoms with E-state index in [-0.39, 0.29) is 18.2 Å². The smallest absolute Gasteiger partial charge is 0.168 e. The number of pyridine rings is 1. The monoisotopic (exact) mass is 240 g/mol. The minimum Gasteiger partial charge on any atom is -0.371 e. The maximum Gasteiger partial charge on any atom is 0.168 e. The van der Waals surface area contributed by atoms with Crippen LogP contribution in [0, 0.1) is 11.6 Å². The van der Waals surface area contributed by atoms with E-state index in [1.807, 2.05) is 0 Å². The summed E-state index contributed by atoms with van der Waals surface area (Å²) in [4.78, 5) is 3.76. The zero-order chi connectivity index (χ0) is 12.3. The van der Waals surface area contributed by atoms with Crippen molar-refractivity contribution in [1.29, 1.82) is 0 Å². The van der Waals surface area contributed by atoms with Crippen LogP contribution < -0.4 is 10.6 Å². The molecule has 17 heavy (non-hydrogen) atoms. The fourth-order valence-corrected chi connectivity index (χ4v) is 1.27. The molecule has 2 aromatic rings. The van der Waals surface area contributed by atoms with Gasteiger partial charge in [-0.25, -0.2) is 13.8 Å². The van der Waals surface area contributed by atoms with E-state index in [0.29, 0.717) is 5.69 Å². The third kappa shape index (κ3) is 2.49. The van der Waals surface area contributed by atoms with Crippen LogP contribution in [0.4, 0.5) is 20.4 Å². The fourth-order valence-electron chi connectivity index (χ4n) is 1.27. The highest BCUT2D eigenvalue weighted by Gasteiger charge is 2.10. The van der Waals surface area contributed by atoms with Crippen molar-refractivity contribution in [3.8, 4) is 0 Å². The molecule has 0 aliphatic rings. The third-order valence-corrected chi connectivity index (χ3v) is 2.09. The van der Waals surface area contributed by atoms with Gasteiger partial charge in [0.2, 0.25) is 0 Å². The molecule has 2 N–H and O–H groups in total. The molecular formula is C10H10F2N4O. The van der Waals surface area contributed by atoms with Gasteiger partial charge in [0.25, 0.3) is 0 Å². The maximum absolute atomic E-state index is 13.4. The van der Waals surface area contributed by atoms with Gasteiger partial charge in [-0.05, 0) is 0 Å². The summed E-state index contributed by atoms with van der Waals surface area (Å²) in [5, 5.41) is 8.87. The Kier molecular flexibility index (Phi) is 3.17. The van der Waals surface area contributed by atoms with Gasteiger partial charge in [0, 0.05) is 19.2 Å². The lowest BCUT2D eigenvalue weighted by Gasteiger charge is -2.07. The number of halogens is 2. The van der Waals surface area contributed by atoms with Crippen molar-refractivity contribution < 1.29 is 13.3 Å². The van der Waals surface area contributed by atoms with Gasteiger partial charge in [0.15, 0.2) is 23.3 Å². The van der Waals surface area contributed by atoms with E-state index in [0.717, 1.165) is 6.07 Å². The molecule has 0 radical (unpaired) electrons. The first-order valence-corrected chi connectivity index (χ1v) is 4.87. The van der Waals surface area contributed by atoms with Crippen LogP contribution in [0.25, 0.3) is 0 Å². The first-order valence-electron chi connectivity index (χ1n) is 4.87. The van der Waals surface area contributed by atoms with Crippen molar-refractivity contribution in [2.75, 3.05) is 17.7 Å². The Morgan fingerprint density at radius 2 is 2.06 bits per heavy atom. The van der Waals surface area contributed by atoms with E-state index in [4.69, 9.17) is 0 Å². The summed E-state index contributed by atoms with van der Waals surface area (Å²) in [6.45, 7) is 0.245. The number of aromatic nitrogens is 2. The Hall–Kier alpha value is -2.18. The second kappa shape index (κ2) is 4.77. The van der Waals surface area contributed by atoms with Gasteiger partial charge >= 0.3 is 0 Å². The molecule has 2 aromatic heterocycles. The van der Waals surface area contributed by atoms with E-state index in [9.17, 15) is 8.78 Å². The Bertz CT molecular complexity index is 501. The standard InChI is InChI=1S/C10H10F2N4O/c1-13-9-7(11)4-8(12)10(15-9)14-5-6-2-3-17-16-6/h2-4H,5H2,1H3,(H2,13,14,15). The lowest BCUT2D eigenvalue weighted by Crippen LogP contribution is -2.07. The normalized spacial score (nSPS) is 10.3. The third-order valence-electron chi connectivity index (χ3n) is 2.09. The van der Waals surface area contributed by atoms with Crippen molar-refractivity contribution in [1.82, 2.24) is 10.1 Å². The van der Waals surface area contributed by atoms with Crippen LogP contribution in [0.5, 0.6) is 0 Å². The highest BCUT2D eigenvalue weighted by Crippen LogP contribution is 2.18. The quantitative estimate of drug-likeness (QED) is 0.855. The van der Waals surface area contributed by atoms with Gasteiger partial charge in [0.1, 0.15) is 12.0 Å². The number of nitrogens with zero attached hydrogens (tertiary/aromatic N) is 2. The van der Waals surface area contributed by atoms with Crippen molar-refractivity contribution in [2.24, 2.45) is 0 Å². The van der Waals surface area contributed by atoms with Gasteiger partial charge in [0.05, 0.1) is 6.54 Å². The average Bonchev–Trinajstić information content (AvgIpc) is 2.81. The Labute approximate surface area is 95.8 Å². The van der Waals surface area contributed by atoms with Gasteiger partial charge in [-0.2, -0.15) is 0 Å². The Morgan fingerprint density at radius 1 is 1.29 bits per heavy atom. The van der Waals surface area contributed by atoms with Crippen LogP contribution >= 0.6 is 0 Å². The van der Waals surface area contributed by atoms with Crippen LogP contribution in [-0.2, 0) is 6.54 Å². The van der Waals surface area contributed by atoms with Crippen LogP contribution in [0.3, 0.4) is 0 Å². The molecule has 0 saturated carbocycles. The second-order valence-corrected chi connectivity index (χ2v) is 3.24. The number of rotatable bonds is 4. The minimum absolute atomic E-state index is 0.0194. The van der Waals surface area contributed by atoms with Gasteiger partial charge in [-0.1, -0.05) is 5.16 Å². The predicted octanol–water partition coefficient (Wildman–Crippen LogP) is 2.00. The van der Waals surface area contributed by atoms with E-state index in [1.165, 1.54) is 13.3 Å². The number of nitrogens with one attached hydrogen (secondary N) is 2. The van der Waals surface area contributed by atoms with Crippen LogP contribution in [0.1, 0.15) is 5.69 Å². The zero-order valence-corrected chi connectivity index (χ0v) is 9.00. The first kappa shape index (κ1) is 11.3. The summed E-state index contributed by atoms with van der Waals surface area (Å²) in [7, 11) is 1.50. The van der Waals surface area contributed by atoms with Crippen molar-refractivity contribution in [3.05, 3.63) is 35.7 Å². The van der Waals surface area contributed by atoms with Crippen LogP contribution in [-0.4, -0.2) is 17.2 Å². The lowest BCUT2D eigenvalue weighted by molar-refractivity contribution is 0.412. The molecule has 90 valence electrons. The number of hydrogen-bond acceptors (Lipinski definition) is 5. The average molecular weight is 240 g/mol. The van der Waals surface area contributed by atoms with Crippen molar-refractivity contribution >= 4 is 11.6 Å². The summed E-state index contributed by atoms with van der Waals surface area (Å²) < 4.78 is 31.1. The molecule has 5 nitrogen and oxygen atoms in total. The zero-order valence-electron chi connectivity index (χ0n) is 9.00. The molecule has 0 unspecified atom stereocenters. The van der Waals surface area contributed by atoms with Gasteiger partial charge in [-0.3, -0.25) is 0 Å². The lowest BCUT2D eigenvalue weighted by atomic mass is 10.3. The molecule has 0 aliphatic carbocycles. The van der Waals surface area contributed by atoms with E-state index >= 15 is 0 Å². The second-order valence-electron chi connectivity index (χ2n) is 3.24. The summed E-state index contributed by atoms with van der Waals surface area (Å²) in [5.74, 6) is -1.56. The molecule has 0 aromatic carbocycles. The summed E-state index contributed by atoms with van der Waals surface area (Å²) in [5.41, 5.74) is 0.599. The van der Waals surface area contributed by atoms with Gasteiger partial charge < -0.3 is 15.2 Å². The molecule has 0 amide bonds. The molecule has 0 atom stereocenters. The topological polar surface area (TPSA) is 63.0 Å². The summed E-state index contributed by atoms with van der Waals surface area (Å²) >= 11 is 0. The molecule has 0 bridgehead atoms. The maximum atomic E-state index is 13.4. The molecule has 0 aliphatic heterocycles. The first-order chi connectivity index (χ1) is 8.20. The van der Waals surface area contributed by atoms with E-state index < -0.39 is 11.6 Å². The van der Waals surface area contributed by atoms with Crippen molar-refractivity contribution in [2.45, 2.75) is 6.54 Å². The van der Waals surface area contributed by atoms with E-state index in [1.54, 1.807) is 6.07 Å². The predicted molar refractivity (Wildman–Crippen MR) is 57.5 cm³/mol. The van der Waals surface area contributed by atoms with Gasteiger partial charge in [-0.15, -0.1) is 0 Å². The molecule has 0 saturated heterocycles. The molecule has 2 heterocycles. The number of anilines is 2. The molecule has 0 spiro atoms. The highest BCUT2D eigenvalue weighted by atomic mass is 19.1. The molecule has 0 fully saturated rings.